The van der Waals surface area contributed by atoms with E-state index in [0.29, 0.717) is 12.2 Å². The highest BCUT2D eigenvalue weighted by atomic mass is 16.5. The first-order chi connectivity index (χ1) is 9.93. The molecule has 3 heteroatoms. The van der Waals surface area contributed by atoms with Crippen LogP contribution in [0.5, 0.6) is 5.75 Å². The zero-order valence-corrected chi connectivity index (χ0v) is 13.1. The molecule has 112 valence electrons. The lowest BCUT2D eigenvalue weighted by atomic mass is 9.54. The number of allylic oxidation sites excluding steroid dienone is 1. The topological polar surface area (TPSA) is 35.5 Å². The van der Waals surface area contributed by atoms with Crippen molar-refractivity contribution in [2.24, 2.45) is 11.3 Å². The van der Waals surface area contributed by atoms with Crippen LogP contribution in [0.15, 0.2) is 30.3 Å². The molecule has 3 aliphatic carbocycles. The van der Waals surface area contributed by atoms with E-state index in [1.807, 2.05) is 24.3 Å². The van der Waals surface area contributed by atoms with E-state index in [4.69, 9.17) is 9.47 Å². The van der Waals surface area contributed by atoms with Crippen LogP contribution in [0.1, 0.15) is 32.3 Å². The number of ketones is 1. The van der Waals surface area contributed by atoms with Gasteiger partial charge in [0.05, 0.1) is 18.1 Å². The molecule has 0 saturated heterocycles. The van der Waals surface area contributed by atoms with Crippen molar-refractivity contribution < 1.29 is 14.3 Å². The Bertz CT molecular complexity index is 601. The number of fused-ring (bicyclic) bond motifs is 2. The van der Waals surface area contributed by atoms with Crippen molar-refractivity contribution >= 4 is 11.4 Å². The molecule has 0 spiro atoms. The summed E-state index contributed by atoms with van der Waals surface area (Å²) < 4.78 is 10.9. The van der Waals surface area contributed by atoms with Crippen molar-refractivity contribution in [2.75, 3.05) is 14.2 Å². The summed E-state index contributed by atoms with van der Waals surface area (Å²) in [6, 6.07) is 7.96. The average molecular weight is 286 g/mol. The summed E-state index contributed by atoms with van der Waals surface area (Å²) in [5, 5.41) is 0. The predicted molar refractivity (Wildman–Crippen MR) is 82.2 cm³/mol. The molecule has 2 bridgehead atoms. The SMILES string of the molecule is COc1ccc(C2=C[C@@H]3CC(=O)[C@@]2(C)C[C@@]3(C)OC)cc1. The van der Waals surface area contributed by atoms with E-state index >= 15 is 0 Å². The lowest BCUT2D eigenvalue weighted by Gasteiger charge is -2.52. The molecule has 21 heavy (non-hydrogen) atoms. The van der Waals surface area contributed by atoms with E-state index in [1.54, 1.807) is 14.2 Å². The van der Waals surface area contributed by atoms with Gasteiger partial charge in [0.1, 0.15) is 11.5 Å². The molecule has 1 saturated carbocycles. The Balaban J connectivity index is 2.06. The van der Waals surface area contributed by atoms with Crippen LogP contribution in [0.3, 0.4) is 0 Å². The number of Topliss-reactive ketones (excluding diaryl/α,β-unsaturated/α-hetero) is 1. The first kappa shape index (κ1) is 14.3. The highest BCUT2D eigenvalue weighted by Gasteiger charge is 2.55. The largest absolute Gasteiger partial charge is 0.497 e. The van der Waals surface area contributed by atoms with Crippen molar-refractivity contribution in [1.82, 2.24) is 0 Å². The van der Waals surface area contributed by atoms with Gasteiger partial charge in [0.15, 0.2) is 0 Å². The van der Waals surface area contributed by atoms with Gasteiger partial charge in [-0.15, -0.1) is 0 Å². The summed E-state index contributed by atoms with van der Waals surface area (Å²) >= 11 is 0. The van der Waals surface area contributed by atoms with Gasteiger partial charge in [-0.1, -0.05) is 18.2 Å². The molecule has 1 fully saturated rings. The third-order valence-electron chi connectivity index (χ3n) is 5.34. The van der Waals surface area contributed by atoms with Crippen molar-refractivity contribution in [3.8, 4) is 5.75 Å². The summed E-state index contributed by atoms with van der Waals surface area (Å²) in [6.45, 7) is 4.17. The number of hydrogen-bond acceptors (Lipinski definition) is 3. The molecule has 3 aliphatic rings. The Morgan fingerprint density at radius 3 is 2.38 bits per heavy atom. The lowest BCUT2D eigenvalue weighted by Crippen LogP contribution is -2.54. The maximum absolute atomic E-state index is 12.6. The van der Waals surface area contributed by atoms with Crippen molar-refractivity contribution in [1.29, 1.82) is 0 Å². The van der Waals surface area contributed by atoms with Gasteiger partial charge in [0.2, 0.25) is 0 Å². The van der Waals surface area contributed by atoms with Gasteiger partial charge in [-0.05, 0) is 43.5 Å². The molecule has 0 heterocycles. The van der Waals surface area contributed by atoms with Crippen LogP contribution in [0.25, 0.3) is 5.57 Å². The first-order valence-electron chi connectivity index (χ1n) is 7.38. The predicted octanol–water partition coefficient (Wildman–Crippen LogP) is 3.48. The zero-order valence-electron chi connectivity index (χ0n) is 13.1. The Morgan fingerprint density at radius 1 is 1.14 bits per heavy atom. The van der Waals surface area contributed by atoms with Crippen LogP contribution in [0.2, 0.25) is 0 Å². The lowest BCUT2D eigenvalue weighted by molar-refractivity contribution is -0.144. The Hall–Kier alpha value is -1.61. The van der Waals surface area contributed by atoms with Gasteiger partial charge in [0, 0.05) is 19.4 Å². The molecule has 0 amide bonds. The van der Waals surface area contributed by atoms with Crippen LogP contribution in [-0.4, -0.2) is 25.6 Å². The highest BCUT2D eigenvalue weighted by molar-refractivity contribution is 6.01. The van der Waals surface area contributed by atoms with Crippen LogP contribution in [0, 0.1) is 11.3 Å². The maximum Gasteiger partial charge on any atom is 0.143 e. The third-order valence-corrected chi connectivity index (χ3v) is 5.34. The maximum atomic E-state index is 12.6. The second-order valence-electron chi connectivity index (χ2n) is 6.57. The van der Waals surface area contributed by atoms with E-state index < -0.39 is 5.41 Å². The van der Waals surface area contributed by atoms with Crippen molar-refractivity contribution in [2.45, 2.75) is 32.3 Å². The van der Waals surface area contributed by atoms with Gasteiger partial charge in [-0.3, -0.25) is 4.79 Å². The number of methoxy groups -OCH3 is 2. The zero-order chi connectivity index (χ0) is 15.3. The Morgan fingerprint density at radius 2 is 1.81 bits per heavy atom. The molecule has 4 rings (SSSR count). The fraction of sp³-hybridized carbons (Fsp3) is 0.500. The van der Waals surface area contributed by atoms with Crippen molar-refractivity contribution in [3.63, 3.8) is 0 Å². The number of ether oxygens (including phenoxy) is 2. The highest BCUT2D eigenvalue weighted by Crippen LogP contribution is 2.56. The van der Waals surface area contributed by atoms with E-state index in [9.17, 15) is 4.79 Å². The number of hydrogen-bond donors (Lipinski definition) is 0. The number of carbonyl (C=O) groups excluding carboxylic acids is 1. The fourth-order valence-corrected chi connectivity index (χ4v) is 3.85. The molecule has 0 aliphatic heterocycles. The van der Waals surface area contributed by atoms with Gasteiger partial charge in [-0.2, -0.15) is 0 Å². The molecule has 0 aromatic heterocycles. The van der Waals surface area contributed by atoms with Crippen LogP contribution in [0.4, 0.5) is 0 Å². The Kier molecular flexibility index (Phi) is 3.21. The van der Waals surface area contributed by atoms with Crippen LogP contribution in [-0.2, 0) is 9.53 Å². The monoisotopic (exact) mass is 286 g/mol. The second kappa shape index (κ2) is 4.70. The van der Waals surface area contributed by atoms with Gasteiger partial charge in [0.25, 0.3) is 0 Å². The molecule has 1 aromatic carbocycles. The first-order valence-corrected chi connectivity index (χ1v) is 7.38. The minimum atomic E-state index is -0.450. The summed E-state index contributed by atoms with van der Waals surface area (Å²) in [7, 11) is 3.40. The third kappa shape index (κ3) is 2.03. The molecule has 0 N–H and O–H groups in total. The number of carbonyl (C=O) groups is 1. The summed E-state index contributed by atoms with van der Waals surface area (Å²) in [5.41, 5.74) is 1.56. The number of benzene rings is 1. The summed E-state index contributed by atoms with van der Waals surface area (Å²) in [6.07, 6.45) is 3.58. The van der Waals surface area contributed by atoms with E-state index in [1.165, 1.54) is 0 Å². The smallest absolute Gasteiger partial charge is 0.143 e. The molecule has 0 radical (unpaired) electrons. The Labute approximate surface area is 125 Å². The van der Waals surface area contributed by atoms with E-state index in [0.717, 1.165) is 23.3 Å². The van der Waals surface area contributed by atoms with Crippen molar-refractivity contribution in [3.05, 3.63) is 35.9 Å². The standard InChI is InChI=1S/C18H22O3/c1-17-11-18(2,21-4)13(10-16(17)19)9-15(17)12-5-7-14(20-3)8-6-12/h5-9,13H,10-11H2,1-4H3/t13-,17+,18-/m1/s1. The van der Waals surface area contributed by atoms with Gasteiger partial charge in [-0.25, -0.2) is 0 Å². The number of rotatable bonds is 3. The quantitative estimate of drug-likeness (QED) is 0.853. The van der Waals surface area contributed by atoms with Crippen LogP contribution < -0.4 is 4.74 Å². The van der Waals surface area contributed by atoms with E-state index in [-0.39, 0.29) is 11.5 Å². The minimum Gasteiger partial charge on any atom is -0.497 e. The second-order valence-corrected chi connectivity index (χ2v) is 6.57. The van der Waals surface area contributed by atoms with E-state index in [2.05, 4.69) is 19.9 Å². The minimum absolute atomic E-state index is 0.161. The summed E-state index contributed by atoms with van der Waals surface area (Å²) in [4.78, 5) is 12.6. The molecule has 3 nitrogen and oxygen atoms in total. The molecule has 3 atom stereocenters. The van der Waals surface area contributed by atoms with Crippen LogP contribution >= 0.6 is 0 Å². The average Bonchev–Trinajstić information content (AvgIpc) is 2.49. The fourth-order valence-electron chi connectivity index (χ4n) is 3.85. The molecular formula is C18H22O3. The summed E-state index contributed by atoms with van der Waals surface area (Å²) in [5.74, 6) is 1.32. The van der Waals surface area contributed by atoms with Gasteiger partial charge >= 0.3 is 0 Å². The molecule has 1 aromatic rings. The molecular weight excluding hydrogens is 264 g/mol. The molecule has 0 unspecified atom stereocenters. The normalized spacial score (nSPS) is 34.8. The van der Waals surface area contributed by atoms with Gasteiger partial charge < -0.3 is 9.47 Å².